The molecule has 3 heterocycles. The largest absolute Gasteiger partial charge is 0.493 e. The first kappa shape index (κ1) is 19.6. The van der Waals surface area contributed by atoms with E-state index < -0.39 is 5.91 Å². The summed E-state index contributed by atoms with van der Waals surface area (Å²) in [5, 5.41) is 16.2. The van der Waals surface area contributed by atoms with E-state index in [1.165, 1.54) is 10.9 Å². The molecular formula is C24H21N5O3. The van der Waals surface area contributed by atoms with E-state index in [1.54, 1.807) is 24.4 Å². The number of rotatable bonds is 6. The van der Waals surface area contributed by atoms with Gasteiger partial charge in [-0.3, -0.25) is 4.79 Å². The van der Waals surface area contributed by atoms with Gasteiger partial charge in [-0.1, -0.05) is 29.4 Å². The van der Waals surface area contributed by atoms with Gasteiger partial charge < -0.3 is 26.0 Å². The minimum absolute atomic E-state index is 0.0366. The average Bonchev–Trinajstić information content (AvgIpc) is 3.36. The number of nitrogens with one attached hydrogen (secondary N) is 2. The lowest BCUT2D eigenvalue weighted by Gasteiger charge is -2.14. The van der Waals surface area contributed by atoms with Gasteiger partial charge in [0.15, 0.2) is 5.71 Å². The van der Waals surface area contributed by atoms with Crippen LogP contribution in [0.15, 0.2) is 66.1 Å². The van der Waals surface area contributed by atoms with E-state index in [-0.39, 0.29) is 5.71 Å². The number of hydrogen-bond donors (Lipinski definition) is 4. The highest BCUT2D eigenvalue weighted by atomic mass is 16.5. The molecule has 32 heavy (non-hydrogen) atoms. The Labute approximate surface area is 183 Å². The first-order chi connectivity index (χ1) is 15.7. The summed E-state index contributed by atoms with van der Waals surface area (Å²) in [7, 11) is 0. The third-order valence-electron chi connectivity index (χ3n) is 5.59. The molecule has 0 saturated heterocycles. The zero-order valence-corrected chi connectivity index (χ0v) is 17.1. The van der Waals surface area contributed by atoms with Crippen LogP contribution in [0.3, 0.4) is 0 Å². The fourth-order valence-electron chi connectivity index (χ4n) is 4.06. The number of hydrogen-bond acceptors (Lipinski definition) is 6. The van der Waals surface area contributed by atoms with E-state index in [0.717, 1.165) is 23.9 Å². The van der Waals surface area contributed by atoms with Crippen LogP contribution in [0.4, 0.5) is 11.5 Å². The van der Waals surface area contributed by atoms with Crippen molar-refractivity contribution in [2.24, 2.45) is 5.16 Å². The van der Waals surface area contributed by atoms with Crippen LogP contribution in [0.25, 0.3) is 22.0 Å². The number of ether oxygens (including phenoxy) is 1. The van der Waals surface area contributed by atoms with Crippen LogP contribution < -0.4 is 15.8 Å². The van der Waals surface area contributed by atoms with Crippen molar-refractivity contribution in [1.29, 1.82) is 0 Å². The summed E-state index contributed by atoms with van der Waals surface area (Å²) in [6.07, 6.45) is 5.35. The van der Waals surface area contributed by atoms with Crippen LogP contribution in [0.2, 0.25) is 0 Å². The van der Waals surface area contributed by atoms with Crippen LogP contribution in [0, 0.1) is 0 Å². The number of nitrogens with zero attached hydrogens (tertiary/aromatic N) is 2. The van der Waals surface area contributed by atoms with Crippen molar-refractivity contribution in [2.45, 2.75) is 12.8 Å². The number of pyridine rings is 1. The highest BCUT2D eigenvalue weighted by Gasteiger charge is 2.27. The van der Waals surface area contributed by atoms with Gasteiger partial charge in [0.25, 0.3) is 5.91 Å². The van der Waals surface area contributed by atoms with E-state index in [1.807, 2.05) is 24.4 Å². The van der Waals surface area contributed by atoms with Crippen LogP contribution >= 0.6 is 0 Å². The molecule has 5 rings (SSSR count). The Morgan fingerprint density at radius 1 is 1.16 bits per heavy atom. The number of benzene rings is 2. The molecule has 0 radical (unpaired) electrons. The number of nitrogens with two attached hydrogens (primary N) is 1. The molecule has 2 aromatic carbocycles. The van der Waals surface area contributed by atoms with E-state index in [0.29, 0.717) is 35.0 Å². The number of para-hydroxylation sites is 1. The lowest BCUT2D eigenvalue weighted by molar-refractivity contribution is -0.110. The third-order valence-corrected chi connectivity index (χ3v) is 5.59. The number of nitrogen functional groups attached to an aromatic ring is 1. The molecular weight excluding hydrogens is 406 g/mol. The fraction of sp³-hybridized carbons (Fsp3) is 0.125. The summed E-state index contributed by atoms with van der Waals surface area (Å²) in [4.78, 5) is 19.4. The third kappa shape index (κ3) is 3.41. The zero-order chi connectivity index (χ0) is 22.1. The molecule has 2 aromatic heterocycles. The first-order valence-electron chi connectivity index (χ1n) is 10.3. The number of amides is 1. The quantitative estimate of drug-likeness (QED) is 0.211. The number of H-pyrrole nitrogens is 1. The highest BCUT2D eigenvalue weighted by Crippen LogP contribution is 2.37. The van der Waals surface area contributed by atoms with Crippen molar-refractivity contribution in [3.63, 3.8) is 0 Å². The summed E-state index contributed by atoms with van der Waals surface area (Å²) < 4.78 is 6.08. The van der Waals surface area contributed by atoms with Gasteiger partial charge in [0, 0.05) is 28.9 Å². The average molecular weight is 427 g/mol. The molecule has 0 unspecified atom stereocenters. The van der Waals surface area contributed by atoms with Crippen molar-refractivity contribution in [3.05, 3.63) is 72.1 Å². The number of carbonyl (C=O) groups excluding carboxylic acids is 1. The monoisotopic (exact) mass is 427 g/mol. The number of oxime groups is 1. The minimum atomic E-state index is -0.451. The first-order valence-corrected chi connectivity index (χ1v) is 10.3. The normalized spacial score (nSPS) is 14.0. The van der Waals surface area contributed by atoms with Crippen molar-refractivity contribution in [2.75, 3.05) is 17.7 Å². The van der Waals surface area contributed by atoms with Crippen LogP contribution in [-0.2, 0) is 11.2 Å². The number of aromatic nitrogens is 2. The number of aryl methyl sites for hydroxylation is 1. The summed E-state index contributed by atoms with van der Waals surface area (Å²) in [6, 6.07) is 15.3. The molecule has 8 nitrogen and oxygen atoms in total. The molecule has 0 bridgehead atoms. The fourth-order valence-corrected chi connectivity index (χ4v) is 4.06. The Morgan fingerprint density at radius 3 is 2.91 bits per heavy atom. The molecule has 0 atom stereocenters. The van der Waals surface area contributed by atoms with Gasteiger partial charge in [0.1, 0.15) is 11.6 Å². The van der Waals surface area contributed by atoms with Gasteiger partial charge in [0.05, 0.1) is 17.9 Å². The van der Waals surface area contributed by atoms with Crippen LogP contribution in [-0.4, -0.2) is 33.4 Å². The summed E-state index contributed by atoms with van der Waals surface area (Å²) >= 11 is 0. The SMILES string of the molecule is Nc1nccc(OCCCc2c[nH]c3ccccc23)c1-c1ccc2c(c1)C(=NO)C(=O)N2. The van der Waals surface area contributed by atoms with Crippen LogP contribution in [0.1, 0.15) is 17.5 Å². The Morgan fingerprint density at radius 2 is 2.03 bits per heavy atom. The maximum atomic E-state index is 11.9. The zero-order valence-electron chi connectivity index (χ0n) is 17.1. The smallest absolute Gasteiger partial charge is 0.278 e. The lowest BCUT2D eigenvalue weighted by Crippen LogP contribution is -2.13. The van der Waals surface area contributed by atoms with Gasteiger partial charge in [-0.05, 0) is 48.2 Å². The molecule has 160 valence electrons. The van der Waals surface area contributed by atoms with E-state index >= 15 is 0 Å². The highest BCUT2D eigenvalue weighted by molar-refractivity contribution is 6.53. The predicted octanol–water partition coefficient (Wildman–Crippen LogP) is 3.95. The number of anilines is 2. The molecule has 4 aromatic rings. The minimum Gasteiger partial charge on any atom is -0.493 e. The van der Waals surface area contributed by atoms with Crippen LogP contribution in [0.5, 0.6) is 5.75 Å². The van der Waals surface area contributed by atoms with Gasteiger partial charge in [-0.25, -0.2) is 4.98 Å². The second-order valence-corrected chi connectivity index (χ2v) is 7.54. The maximum absolute atomic E-state index is 11.9. The molecule has 5 N–H and O–H groups in total. The Bertz CT molecular complexity index is 1360. The standard InChI is InChI=1S/C24H21N5O3/c25-23-21(14-7-8-19-17(12-14)22(29-31)24(30)28-19)20(9-10-26-23)32-11-3-4-15-13-27-18-6-2-1-5-16(15)18/h1-2,5-10,12-13,27,31H,3-4,11H2,(H2,25,26)(H,28,29,30). The summed E-state index contributed by atoms with van der Waals surface area (Å²) in [6.45, 7) is 0.504. The second kappa shape index (κ2) is 8.07. The van der Waals surface area contributed by atoms with Crippen molar-refractivity contribution in [1.82, 2.24) is 9.97 Å². The molecule has 1 amide bonds. The van der Waals surface area contributed by atoms with E-state index in [4.69, 9.17) is 10.5 Å². The van der Waals surface area contributed by atoms with Gasteiger partial charge in [-0.15, -0.1) is 0 Å². The Hall–Kier alpha value is -4.33. The van der Waals surface area contributed by atoms with E-state index in [2.05, 4.69) is 32.6 Å². The Balaban J connectivity index is 1.35. The molecule has 8 heteroatoms. The molecule has 1 aliphatic heterocycles. The lowest BCUT2D eigenvalue weighted by atomic mass is 10.0. The van der Waals surface area contributed by atoms with Gasteiger partial charge in [0.2, 0.25) is 0 Å². The molecule has 0 spiro atoms. The van der Waals surface area contributed by atoms with Crippen molar-refractivity contribution in [3.8, 4) is 16.9 Å². The summed E-state index contributed by atoms with van der Waals surface area (Å²) in [5.41, 5.74) is 11.0. The molecule has 0 fully saturated rings. The van der Waals surface area contributed by atoms with Gasteiger partial charge in [-0.2, -0.15) is 0 Å². The predicted molar refractivity (Wildman–Crippen MR) is 123 cm³/mol. The molecule has 0 saturated carbocycles. The topological polar surface area (TPSA) is 126 Å². The number of carbonyl (C=O) groups is 1. The second-order valence-electron chi connectivity index (χ2n) is 7.54. The Kier molecular flexibility index (Phi) is 4.95. The summed E-state index contributed by atoms with van der Waals surface area (Å²) in [5.74, 6) is 0.475. The van der Waals surface area contributed by atoms with Gasteiger partial charge >= 0.3 is 0 Å². The van der Waals surface area contributed by atoms with E-state index in [9.17, 15) is 10.0 Å². The van der Waals surface area contributed by atoms with Crippen molar-refractivity contribution < 1.29 is 14.7 Å². The molecule has 1 aliphatic rings. The molecule has 0 aliphatic carbocycles. The van der Waals surface area contributed by atoms with Crippen molar-refractivity contribution >= 4 is 34.0 Å². The number of fused-ring (bicyclic) bond motifs is 2. The maximum Gasteiger partial charge on any atom is 0.278 e. The number of aromatic amines is 1.